The van der Waals surface area contributed by atoms with E-state index in [-0.39, 0.29) is 11.9 Å². The summed E-state index contributed by atoms with van der Waals surface area (Å²) in [7, 11) is 0. The van der Waals surface area contributed by atoms with Crippen molar-refractivity contribution in [3.05, 3.63) is 68.8 Å². The number of amides is 1. The van der Waals surface area contributed by atoms with Crippen molar-refractivity contribution < 1.29 is 4.79 Å². The molecule has 98 valence electrons. The fourth-order valence-electron chi connectivity index (χ4n) is 2.06. The summed E-state index contributed by atoms with van der Waals surface area (Å²) in [5.74, 6) is -0.0331. The lowest BCUT2D eigenvalue weighted by Gasteiger charge is -2.16. The van der Waals surface area contributed by atoms with Crippen LogP contribution in [0.2, 0.25) is 0 Å². The monoisotopic (exact) mass is 365 g/mol. The molecule has 3 heteroatoms. The van der Waals surface area contributed by atoms with E-state index in [1.54, 1.807) is 0 Å². The molecule has 1 unspecified atom stereocenters. The molecule has 2 aromatic rings. The zero-order chi connectivity index (χ0) is 13.8. The Morgan fingerprint density at radius 3 is 2.58 bits per heavy atom. The Hall–Kier alpha value is -1.36. The molecule has 1 atom stereocenters. The van der Waals surface area contributed by atoms with Crippen LogP contribution in [0.1, 0.15) is 34.5 Å². The topological polar surface area (TPSA) is 29.1 Å². The van der Waals surface area contributed by atoms with Crippen molar-refractivity contribution in [3.8, 4) is 0 Å². The summed E-state index contributed by atoms with van der Waals surface area (Å²) in [6, 6.07) is 15.7. The lowest BCUT2D eigenvalue weighted by Crippen LogP contribution is -2.27. The summed E-state index contributed by atoms with van der Waals surface area (Å²) < 4.78 is 1.06. The molecule has 0 aromatic heterocycles. The smallest absolute Gasteiger partial charge is 0.251 e. The predicted octanol–water partition coefficient (Wildman–Crippen LogP) is 4.09. The maximum atomic E-state index is 12.2. The van der Waals surface area contributed by atoms with Crippen LogP contribution in [0.5, 0.6) is 0 Å². The Labute approximate surface area is 127 Å². The predicted molar refractivity (Wildman–Crippen MR) is 86.2 cm³/mol. The van der Waals surface area contributed by atoms with E-state index in [9.17, 15) is 4.79 Å². The van der Waals surface area contributed by atoms with Crippen LogP contribution in [0.25, 0.3) is 0 Å². The van der Waals surface area contributed by atoms with Crippen molar-refractivity contribution in [2.24, 2.45) is 0 Å². The van der Waals surface area contributed by atoms with Crippen molar-refractivity contribution in [1.29, 1.82) is 0 Å². The number of aryl methyl sites for hydroxylation is 1. The molecule has 0 radical (unpaired) electrons. The lowest BCUT2D eigenvalue weighted by atomic mass is 10.0. The van der Waals surface area contributed by atoms with Crippen LogP contribution in [0.4, 0.5) is 0 Å². The molecule has 0 spiro atoms. The fourth-order valence-corrected chi connectivity index (χ4v) is 2.60. The molecule has 2 nitrogen and oxygen atoms in total. The van der Waals surface area contributed by atoms with E-state index >= 15 is 0 Å². The minimum Gasteiger partial charge on any atom is -0.346 e. The highest BCUT2D eigenvalue weighted by atomic mass is 127. The molecule has 1 N–H and O–H groups in total. The summed E-state index contributed by atoms with van der Waals surface area (Å²) >= 11 is 2.21. The number of carbonyl (C=O) groups is 1. The van der Waals surface area contributed by atoms with Gasteiger partial charge in [0.1, 0.15) is 0 Å². The second kappa shape index (κ2) is 6.19. The molecule has 0 bridgehead atoms. The SMILES string of the molecule is Cc1ccccc1C(C)NC(=O)c1cccc(I)c1. The van der Waals surface area contributed by atoms with E-state index in [0.29, 0.717) is 5.56 Å². The van der Waals surface area contributed by atoms with Gasteiger partial charge in [-0.15, -0.1) is 0 Å². The number of nitrogens with one attached hydrogen (secondary N) is 1. The van der Waals surface area contributed by atoms with Crippen LogP contribution in [-0.2, 0) is 0 Å². The van der Waals surface area contributed by atoms with Gasteiger partial charge in [-0.3, -0.25) is 4.79 Å². The first-order valence-electron chi connectivity index (χ1n) is 6.20. The highest BCUT2D eigenvalue weighted by molar-refractivity contribution is 14.1. The van der Waals surface area contributed by atoms with Gasteiger partial charge in [0.25, 0.3) is 5.91 Å². The van der Waals surface area contributed by atoms with E-state index in [4.69, 9.17) is 0 Å². The van der Waals surface area contributed by atoms with Crippen LogP contribution in [0.15, 0.2) is 48.5 Å². The molecule has 0 aliphatic heterocycles. The molecule has 0 saturated heterocycles. The fraction of sp³-hybridized carbons (Fsp3) is 0.188. The maximum Gasteiger partial charge on any atom is 0.251 e. The molecule has 0 aliphatic carbocycles. The molecule has 19 heavy (non-hydrogen) atoms. The number of benzene rings is 2. The molecular weight excluding hydrogens is 349 g/mol. The molecule has 0 aliphatic rings. The van der Waals surface area contributed by atoms with Gasteiger partial charge in [0.15, 0.2) is 0 Å². The van der Waals surface area contributed by atoms with Gasteiger partial charge >= 0.3 is 0 Å². The maximum absolute atomic E-state index is 12.2. The third kappa shape index (κ3) is 3.56. The van der Waals surface area contributed by atoms with Gasteiger partial charge in [-0.05, 0) is 65.8 Å². The molecule has 0 fully saturated rings. The highest BCUT2D eigenvalue weighted by Crippen LogP contribution is 2.17. The van der Waals surface area contributed by atoms with E-state index in [1.165, 1.54) is 5.56 Å². The number of carbonyl (C=O) groups excluding carboxylic acids is 1. The second-order valence-corrected chi connectivity index (χ2v) is 5.81. The van der Waals surface area contributed by atoms with Crippen molar-refractivity contribution in [2.45, 2.75) is 19.9 Å². The number of hydrogen-bond acceptors (Lipinski definition) is 1. The van der Waals surface area contributed by atoms with Gasteiger partial charge in [0.2, 0.25) is 0 Å². The lowest BCUT2D eigenvalue weighted by molar-refractivity contribution is 0.0940. The minimum atomic E-state index is -0.0331. The zero-order valence-corrected chi connectivity index (χ0v) is 13.1. The molecule has 0 heterocycles. The van der Waals surface area contributed by atoms with E-state index in [1.807, 2.05) is 43.3 Å². The van der Waals surface area contributed by atoms with Crippen molar-refractivity contribution >= 4 is 28.5 Å². The molecule has 0 saturated carbocycles. The van der Waals surface area contributed by atoms with Crippen LogP contribution < -0.4 is 5.32 Å². The Morgan fingerprint density at radius 1 is 1.16 bits per heavy atom. The van der Waals surface area contributed by atoms with E-state index < -0.39 is 0 Å². The molecular formula is C16H16INO. The largest absolute Gasteiger partial charge is 0.346 e. The first-order chi connectivity index (χ1) is 9.08. The standard InChI is InChI=1S/C16H16INO/c1-11-6-3-4-9-15(11)12(2)18-16(19)13-7-5-8-14(17)10-13/h3-10,12H,1-2H3,(H,18,19). The molecule has 1 amide bonds. The second-order valence-electron chi connectivity index (χ2n) is 4.56. The summed E-state index contributed by atoms with van der Waals surface area (Å²) in [6.07, 6.45) is 0. The summed E-state index contributed by atoms with van der Waals surface area (Å²) in [4.78, 5) is 12.2. The van der Waals surface area contributed by atoms with Crippen LogP contribution >= 0.6 is 22.6 Å². The van der Waals surface area contributed by atoms with Gasteiger partial charge in [0, 0.05) is 9.13 Å². The van der Waals surface area contributed by atoms with Crippen LogP contribution in [0.3, 0.4) is 0 Å². The van der Waals surface area contributed by atoms with Gasteiger partial charge < -0.3 is 5.32 Å². The number of halogens is 1. The van der Waals surface area contributed by atoms with Gasteiger partial charge in [-0.1, -0.05) is 30.3 Å². The average Bonchev–Trinajstić information content (AvgIpc) is 2.39. The number of rotatable bonds is 3. The van der Waals surface area contributed by atoms with E-state index in [0.717, 1.165) is 9.13 Å². The third-order valence-corrected chi connectivity index (χ3v) is 3.76. The van der Waals surface area contributed by atoms with Crippen LogP contribution in [-0.4, -0.2) is 5.91 Å². The van der Waals surface area contributed by atoms with Gasteiger partial charge in [0.05, 0.1) is 6.04 Å². The molecule has 2 aromatic carbocycles. The van der Waals surface area contributed by atoms with Crippen molar-refractivity contribution in [2.75, 3.05) is 0 Å². The van der Waals surface area contributed by atoms with Crippen molar-refractivity contribution in [3.63, 3.8) is 0 Å². The Bertz CT molecular complexity index is 595. The molecule has 2 rings (SSSR count). The van der Waals surface area contributed by atoms with Gasteiger partial charge in [-0.2, -0.15) is 0 Å². The Morgan fingerprint density at radius 2 is 1.89 bits per heavy atom. The van der Waals surface area contributed by atoms with E-state index in [2.05, 4.69) is 47.0 Å². The Balaban J connectivity index is 2.13. The summed E-state index contributed by atoms with van der Waals surface area (Å²) in [6.45, 7) is 4.07. The first kappa shape index (κ1) is 14.1. The quantitative estimate of drug-likeness (QED) is 0.816. The zero-order valence-electron chi connectivity index (χ0n) is 11.0. The number of hydrogen-bond donors (Lipinski definition) is 1. The first-order valence-corrected chi connectivity index (χ1v) is 7.28. The average molecular weight is 365 g/mol. The Kier molecular flexibility index (Phi) is 4.58. The highest BCUT2D eigenvalue weighted by Gasteiger charge is 2.12. The summed E-state index contributed by atoms with van der Waals surface area (Å²) in [5, 5.41) is 3.04. The van der Waals surface area contributed by atoms with Crippen LogP contribution in [0, 0.1) is 10.5 Å². The van der Waals surface area contributed by atoms with Crippen molar-refractivity contribution in [1.82, 2.24) is 5.32 Å². The van der Waals surface area contributed by atoms with Gasteiger partial charge in [-0.25, -0.2) is 0 Å². The summed E-state index contributed by atoms with van der Waals surface area (Å²) in [5.41, 5.74) is 3.05. The normalized spacial score (nSPS) is 11.9. The third-order valence-electron chi connectivity index (χ3n) is 3.09. The minimum absolute atomic E-state index is 0.00608.